The fraction of sp³-hybridized carbons (Fsp3) is 0.400. The van der Waals surface area contributed by atoms with Gasteiger partial charge in [-0.25, -0.2) is 4.98 Å². The minimum absolute atomic E-state index is 0.178. The first-order chi connectivity index (χ1) is 9.86. The number of nitrogens with one attached hydrogen (secondary N) is 1. The van der Waals surface area contributed by atoms with E-state index in [9.17, 15) is 9.59 Å². The van der Waals surface area contributed by atoms with E-state index in [1.807, 2.05) is 5.38 Å². The van der Waals surface area contributed by atoms with E-state index in [4.69, 9.17) is 0 Å². The second kappa shape index (κ2) is 6.22. The molecule has 0 aliphatic heterocycles. The number of carbonyl (C=O) groups excluding carboxylic acids is 1. The van der Waals surface area contributed by atoms with E-state index in [0.717, 1.165) is 10.7 Å². The first-order valence-electron chi connectivity index (χ1n) is 6.77. The van der Waals surface area contributed by atoms with E-state index in [2.05, 4.69) is 23.8 Å². The van der Waals surface area contributed by atoms with Crippen molar-refractivity contribution in [2.75, 3.05) is 7.05 Å². The predicted octanol–water partition coefficient (Wildman–Crippen LogP) is 2.54. The Morgan fingerprint density at radius 1 is 1.43 bits per heavy atom. The Balaban J connectivity index is 2.13. The smallest absolute Gasteiger partial charge is 0.254 e. The number of thiazole rings is 1. The first kappa shape index (κ1) is 15.4. The molecular weight excluding hydrogens is 286 g/mol. The first-order valence-corrected chi connectivity index (χ1v) is 7.65. The van der Waals surface area contributed by atoms with Crippen molar-refractivity contribution in [3.63, 3.8) is 0 Å². The largest absolute Gasteiger partial charge is 0.336 e. The zero-order valence-electron chi connectivity index (χ0n) is 12.6. The molecule has 0 aromatic carbocycles. The zero-order valence-corrected chi connectivity index (χ0v) is 13.5. The number of aromatic nitrogens is 2. The van der Waals surface area contributed by atoms with Gasteiger partial charge in [-0.05, 0) is 13.0 Å². The van der Waals surface area contributed by atoms with Gasteiger partial charge in [0.2, 0.25) is 5.56 Å². The van der Waals surface area contributed by atoms with Crippen LogP contribution in [0.4, 0.5) is 0 Å². The topological polar surface area (TPSA) is 66.1 Å². The average molecular weight is 305 g/mol. The zero-order chi connectivity index (χ0) is 15.6. The number of carbonyl (C=O) groups is 1. The molecule has 6 heteroatoms. The van der Waals surface area contributed by atoms with Gasteiger partial charge in [-0.2, -0.15) is 0 Å². The molecule has 5 nitrogen and oxygen atoms in total. The maximum atomic E-state index is 12.3. The van der Waals surface area contributed by atoms with E-state index < -0.39 is 0 Å². The van der Waals surface area contributed by atoms with Crippen molar-refractivity contribution in [2.24, 2.45) is 0 Å². The summed E-state index contributed by atoms with van der Waals surface area (Å²) in [6.45, 7) is 6.38. The van der Waals surface area contributed by atoms with Gasteiger partial charge in [0.1, 0.15) is 0 Å². The molecule has 0 unspecified atom stereocenters. The molecule has 2 rings (SSSR count). The number of amides is 1. The van der Waals surface area contributed by atoms with Gasteiger partial charge in [-0.15, -0.1) is 11.3 Å². The van der Waals surface area contributed by atoms with Crippen LogP contribution in [0.2, 0.25) is 0 Å². The Bertz CT molecular complexity index is 703. The summed E-state index contributed by atoms with van der Waals surface area (Å²) in [4.78, 5) is 32.5. The van der Waals surface area contributed by atoms with Gasteiger partial charge in [0.25, 0.3) is 5.91 Å². The highest BCUT2D eigenvalue weighted by Gasteiger charge is 2.15. The van der Waals surface area contributed by atoms with Gasteiger partial charge in [0.05, 0.1) is 17.2 Å². The molecule has 0 saturated carbocycles. The Morgan fingerprint density at radius 2 is 2.14 bits per heavy atom. The fourth-order valence-electron chi connectivity index (χ4n) is 2.00. The summed E-state index contributed by atoms with van der Waals surface area (Å²) in [5.74, 6) is 0.211. The molecule has 1 N–H and O–H groups in total. The standard InChI is InChI=1S/C15H19N3O2S/c1-9(2)14-17-12(8-21-14)7-18(4)15(20)11-5-10(3)16-13(19)6-11/h5-6,8-9H,7H2,1-4H3,(H,16,19). The summed E-state index contributed by atoms with van der Waals surface area (Å²) in [6, 6.07) is 3.01. The summed E-state index contributed by atoms with van der Waals surface area (Å²) < 4.78 is 0. The lowest BCUT2D eigenvalue weighted by atomic mass is 10.2. The lowest BCUT2D eigenvalue weighted by Gasteiger charge is -2.16. The molecule has 0 fully saturated rings. The number of hydrogen-bond donors (Lipinski definition) is 1. The molecule has 1 amide bonds. The van der Waals surface area contributed by atoms with Crippen molar-refractivity contribution in [3.05, 3.63) is 49.8 Å². The van der Waals surface area contributed by atoms with Crippen molar-refractivity contribution in [2.45, 2.75) is 33.2 Å². The summed E-state index contributed by atoms with van der Waals surface area (Å²) in [5, 5.41) is 3.04. The Morgan fingerprint density at radius 3 is 2.71 bits per heavy atom. The molecule has 2 heterocycles. The number of H-pyrrole nitrogens is 1. The van der Waals surface area contributed by atoms with Gasteiger partial charge < -0.3 is 9.88 Å². The quantitative estimate of drug-likeness (QED) is 0.944. The van der Waals surface area contributed by atoms with Gasteiger partial charge in [-0.3, -0.25) is 9.59 Å². The molecule has 0 bridgehead atoms. The van der Waals surface area contributed by atoms with Gasteiger partial charge >= 0.3 is 0 Å². The normalized spacial score (nSPS) is 10.9. The van der Waals surface area contributed by atoms with E-state index in [1.54, 1.807) is 36.3 Å². The SMILES string of the molecule is Cc1cc(C(=O)N(C)Cc2csc(C(C)C)n2)cc(=O)[nH]1. The second-order valence-corrected chi connectivity index (χ2v) is 6.30. The van der Waals surface area contributed by atoms with Crippen LogP contribution in [-0.2, 0) is 6.54 Å². The monoisotopic (exact) mass is 305 g/mol. The van der Waals surface area contributed by atoms with Crippen LogP contribution in [0.5, 0.6) is 0 Å². The third-order valence-electron chi connectivity index (χ3n) is 3.04. The van der Waals surface area contributed by atoms with Gasteiger partial charge in [0, 0.05) is 35.7 Å². The van der Waals surface area contributed by atoms with Crippen LogP contribution in [0.25, 0.3) is 0 Å². The number of rotatable bonds is 4. The predicted molar refractivity (Wildman–Crippen MR) is 83.8 cm³/mol. The van der Waals surface area contributed by atoms with Crippen LogP contribution in [0.15, 0.2) is 22.3 Å². The Hall–Kier alpha value is -1.95. The van der Waals surface area contributed by atoms with Crippen LogP contribution in [0.1, 0.15) is 46.5 Å². The maximum Gasteiger partial charge on any atom is 0.254 e. The van der Waals surface area contributed by atoms with E-state index in [-0.39, 0.29) is 11.5 Å². The average Bonchev–Trinajstić information content (AvgIpc) is 2.85. The Labute approximate surface area is 127 Å². The third-order valence-corrected chi connectivity index (χ3v) is 4.23. The number of aryl methyl sites for hydroxylation is 1. The molecular formula is C15H19N3O2S. The van der Waals surface area contributed by atoms with Crippen LogP contribution >= 0.6 is 11.3 Å². The summed E-state index contributed by atoms with van der Waals surface area (Å²) >= 11 is 1.61. The minimum Gasteiger partial charge on any atom is -0.336 e. The maximum absolute atomic E-state index is 12.3. The Kier molecular flexibility index (Phi) is 4.57. The highest BCUT2D eigenvalue weighted by atomic mass is 32.1. The molecule has 2 aromatic rings. The molecule has 21 heavy (non-hydrogen) atoms. The third kappa shape index (κ3) is 3.78. The van der Waals surface area contributed by atoms with E-state index >= 15 is 0 Å². The summed E-state index contributed by atoms with van der Waals surface area (Å²) in [6.07, 6.45) is 0. The van der Waals surface area contributed by atoms with Crippen molar-refractivity contribution in [1.82, 2.24) is 14.9 Å². The molecule has 0 atom stereocenters. The molecule has 112 valence electrons. The van der Waals surface area contributed by atoms with E-state index in [0.29, 0.717) is 23.7 Å². The molecule has 0 aliphatic rings. The number of pyridine rings is 1. The van der Waals surface area contributed by atoms with Crippen LogP contribution in [0.3, 0.4) is 0 Å². The molecule has 0 saturated heterocycles. The van der Waals surface area contributed by atoms with Crippen LogP contribution in [-0.4, -0.2) is 27.8 Å². The highest BCUT2D eigenvalue weighted by Crippen LogP contribution is 2.20. The second-order valence-electron chi connectivity index (χ2n) is 5.41. The molecule has 0 aliphatic carbocycles. The van der Waals surface area contributed by atoms with Crippen molar-refractivity contribution in [3.8, 4) is 0 Å². The van der Waals surface area contributed by atoms with Crippen molar-refractivity contribution in [1.29, 1.82) is 0 Å². The summed E-state index contributed by atoms with van der Waals surface area (Å²) in [7, 11) is 1.72. The fourth-order valence-corrected chi connectivity index (χ4v) is 2.83. The lowest BCUT2D eigenvalue weighted by molar-refractivity contribution is 0.0783. The van der Waals surface area contributed by atoms with Gasteiger partial charge in [-0.1, -0.05) is 13.8 Å². The lowest BCUT2D eigenvalue weighted by Crippen LogP contribution is -2.27. The number of hydrogen-bond acceptors (Lipinski definition) is 4. The van der Waals surface area contributed by atoms with Crippen molar-refractivity contribution < 1.29 is 4.79 Å². The van der Waals surface area contributed by atoms with Crippen molar-refractivity contribution >= 4 is 17.2 Å². The number of aromatic amines is 1. The minimum atomic E-state index is -0.262. The van der Waals surface area contributed by atoms with Gasteiger partial charge in [0.15, 0.2) is 0 Å². The number of nitrogens with zero attached hydrogens (tertiary/aromatic N) is 2. The van der Waals surface area contributed by atoms with Crippen LogP contribution < -0.4 is 5.56 Å². The molecule has 0 spiro atoms. The van der Waals surface area contributed by atoms with Crippen LogP contribution in [0, 0.1) is 6.92 Å². The molecule has 2 aromatic heterocycles. The summed E-state index contributed by atoms with van der Waals surface area (Å²) in [5.41, 5.74) is 1.69. The molecule has 0 radical (unpaired) electrons. The highest BCUT2D eigenvalue weighted by molar-refractivity contribution is 7.09. The van der Waals surface area contributed by atoms with E-state index in [1.165, 1.54) is 6.07 Å².